The zero-order valence-corrected chi connectivity index (χ0v) is 8.99. The van der Waals surface area contributed by atoms with Gasteiger partial charge in [-0.05, 0) is 6.92 Å². The molecule has 0 unspecified atom stereocenters. The third-order valence-electron chi connectivity index (χ3n) is 1.74. The number of urea groups is 1. The van der Waals surface area contributed by atoms with Crippen molar-refractivity contribution in [2.24, 2.45) is 0 Å². The first-order valence-electron chi connectivity index (χ1n) is 4.63. The van der Waals surface area contributed by atoms with Crippen LogP contribution in [-0.2, 0) is 4.79 Å². The topological polar surface area (TPSA) is 89.9 Å². The summed E-state index contributed by atoms with van der Waals surface area (Å²) in [5.41, 5.74) is 0. The van der Waals surface area contributed by atoms with Crippen molar-refractivity contribution in [1.29, 1.82) is 0 Å². The van der Waals surface area contributed by atoms with Gasteiger partial charge in [0.1, 0.15) is 12.6 Å². The van der Waals surface area contributed by atoms with Crippen molar-refractivity contribution >= 4 is 12.0 Å². The van der Waals surface area contributed by atoms with Crippen LogP contribution in [0.25, 0.3) is 0 Å². The summed E-state index contributed by atoms with van der Waals surface area (Å²) in [7, 11) is 0. The van der Waals surface area contributed by atoms with Crippen molar-refractivity contribution in [3.05, 3.63) is 0 Å². The number of carbonyl (C=O) groups excluding carboxylic acids is 1. The molecule has 0 radical (unpaired) electrons. The second-order valence-corrected chi connectivity index (χ2v) is 3.27. The monoisotopic (exact) mass is 258 g/mol. The van der Waals surface area contributed by atoms with E-state index < -0.39 is 43.9 Å². The molecule has 0 fully saturated rings. The normalized spacial score (nSPS) is 13.0. The van der Waals surface area contributed by atoms with E-state index in [2.05, 4.69) is 0 Å². The predicted octanol–water partition coefficient (Wildman–Crippen LogP) is 0.0257. The van der Waals surface area contributed by atoms with Gasteiger partial charge in [0.05, 0.1) is 6.61 Å². The molecule has 6 nitrogen and oxygen atoms in total. The quantitative estimate of drug-likeness (QED) is 0.648. The molecule has 2 amide bonds. The van der Waals surface area contributed by atoms with Crippen LogP contribution in [0.2, 0.25) is 0 Å². The lowest BCUT2D eigenvalue weighted by molar-refractivity contribution is -0.141. The highest BCUT2D eigenvalue weighted by atomic mass is 19.4. The Morgan fingerprint density at radius 3 is 2.29 bits per heavy atom. The van der Waals surface area contributed by atoms with E-state index in [1.807, 2.05) is 5.32 Å². The zero-order chi connectivity index (χ0) is 13.6. The molecule has 0 rings (SSSR count). The number of hydrogen-bond acceptors (Lipinski definition) is 3. The van der Waals surface area contributed by atoms with Crippen molar-refractivity contribution in [3.8, 4) is 0 Å². The maximum absolute atomic E-state index is 12.1. The molecule has 0 aliphatic heterocycles. The molecular weight excluding hydrogens is 245 g/mol. The van der Waals surface area contributed by atoms with Gasteiger partial charge in [-0.15, -0.1) is 0 Å². The molecular formula is C8H13F3N2O4. The standard InChI is InChI=1S/C8H13F3N2O4/c1-5(6(15)16)12-7(17)13(2-3-14)4-8(9,10)11/h5,14H,2-4H2,1H3,(H,12,17)(H,15,16)/t5-/m1/s1. The molecule has 100 valence electrons. The summed E-state index contributed by atoms with van der Waals surface area (Å²) in [4.78, 5) is 22.0. The fraction of sp³-hybridized carbons (Fsp3) is 0.750. The maximum Gasteiger partial charge on any atom is 0.406 e. The first kappa shape index (κ1) is 15.5. The average molecular weight is 258 g/mol. The van der Waals surface area contributed by atoms with Gasteiger partial charge >= 0.3 is 18.2 Å². The van der Waals surface area contributed by atoms with E-state index in [0.29, 0.717) is 4.90 Å². The van der Waals surface area contributed by atoms with Crippen molar-refractivity contribution in [2.75, 3.05) is 19.7 Å². The summed E-state index contributed by atoms with van der Waals surface area (Å²) in [6.45, 7) is -1.61. The zero-order valence-electron chi connectivity index (χ0n) is 8.99. The fourth-order valence-corrected chi connectivity index (χ4v) is 0.928. The number of aliphatic carboxylic acids is 1. The van der Waals surface area contributed by atoms with Crippen LogP contribution in [0.15, 0.2) is 0 Å². The predicted molar refractivity (Wildman–Crippen MR) is 50.3 cm³/mol. The van der Waals surface area contributed by atoms with Crippen LogP contribution in [0.5, 0.6) is 0 Å². The van der Waals surface area contributed by atoms with E-state index in [9.17, 15) is 22.8 Å². The van der Waals surface area contributed by atoms with Gasteiger partial charge in [0, 0.05) is 6.54 Å². The molecule has 0 heterocycles. The van der Waals surface area contributed by atoms with Gasteiger partial charge < -0.3 is 20.4 Å². The Bertz CT molecular complexity index is 282. The molecule has 0 aromatic heterocycles. The second-order valence-electron chi connectivity index (χ2n) is 3.27. The number of nitrogens with one attached hydrogen (secondary N) is 1. The summed E-state index contributed by atoms with van der Waals surface area (Å²) in [5.74, 6) is -1.37. The Morgan fingerprint density at radius 1 is 1.41 bits per heavy atom. The van der Waals surface area contributed by atoms with E-state index in [0.717, 1.165) is 6.92 Å². The smallest absolute Gasteiger partial charge is 0.406 e. The summed E-state index contributed by atoms with van der Waals surface area (Å²) in [6, 6.07) is -2.50. The molecule has 0 aliphatic carbocycles. The van der Waals surface area contributed by atoms with E-state index in [1.165, 1.54) is 0 Å². The number of aliphatic hydroxyl groups is 1. The highest BCUT2D eigenvalue weighted by Gasteiger charge is 2.33. The molecule has 17 heavy (non-hydrogen) atoms. The summed E-state index contributed by atoms with van der Waals surface area (Å²) in [5, 5.41) is 18.9. The van der Waals surface area contributed by atoms with Crippen LogP contribution in [0.4, 0.5) is 18.0 Å². The van der Waals surface area contributed by atoms with Crippen LogP contribution in [0.1, 0.15) is 6.92 Å². The van der Waals surface area contributed by atoms with Crippen LogP contribution >= 0.6 is 0 Å². The van der Waals surface area contributed by atoms with Gasteiger partial charge in [0.25, 0.3) is 0 Å². The van der Waals surface area contributed by atoms with Gasteiger partial charge in [0.2, 0.25) is 0 Å². The first-order valence-corrected chi connectivity index (χ1v) is 4.63. The number of rotatable bonds is 5. The number of amides is 2. The average Bonchev–Trinajstić information content (AvgIpc) is 2.14. The van der Waals surface area contributed by atoms with Crippen LogP contribution < -0.4 is 5.32 Å². The Kier molecular flexibility index (Phi) is 5.72. The minimum atomic E-state index is -4.61. The summed E-state index contributed by atoms with van der Waals surface area (Å²) < 4.78 is 36.2. The molecule has 3 N–H and O–H groups in total. The number of alkyl halides is 3. The molecule has 0 saturated heterocycles. The number of carboxylic acids is 1. The number of hydrogen-bond donors (Lipinski definition) is 3. The van der Waals surface area contributed by atoms with Crippen molar-refractivity contribution < 1.29 is 33.0 Å². The number of nitrogens with zero attached hydrogens (tertiary/aromatic N) is 1. The Morgan fingerprint density at radius 2 is 1.94 bits per heavy atom. The summed E-state index contributed by atoms with van der Waals surface area (Å²) >= 11 is 0. The van der Waals surface area contributed by atoms with Crippen molar-refractivity contribution in [2.45, 2.75) is 19.1 Å². The molecule has 0 aromatic rings. The summed E-state index contributed by atoms with van der Waals surface area (Å²) in [6.07, 6.45) is -4.61. The fourth-order valence-electron chi connectivity index (χ4n) is 0.928. The Hall–Kier alpha value is -1.51. The Labute approximate surface area is 95.0 Å². The molecule has 0 saturated carbocycles. The maximum atomic E-state index is 12.1. The highest BCUT2D eigenvalue weighted by Crippen LogP contribution is 2.16. The highest BCUT2D eigenvalue weighted by molar-refractivity contribution is 5.82. The minimum absolute atomic E-state index is 0.291. The number of carbonyl (C=O) groups is 2. The third kappa shape index (κ3) is 6.61. The SMILES string of the molecule is C[C@@H](NC(=O)N(CCO)CC(F)(F)F)C(=O)O. The Balaban J connectivity index is 4.49. The second kappa shape index (κ2) is 6.28. The lowest BCUT2D eigenvalue weighted by Crippen LogP contribution is -2.50. The van der Waals surface area contributed by atoms with Crippen LogP contribution in [0, 0.1) is 0 Å². The number of aliphatic hydroxyl groups excluding tert-OH is 1. The minimum Gasteiger partial charge on any atom is -0.480 e. The first-order chi connectivity index (χ1) is 7.67. The number of halogens is 3. The van der Waals surface area contributed by atoms with E-state index in [1.54, 1.807) is 0 Å². The van der Waals surface area contributed by atoms with Gasteiger partial charge in [-0.25, -0.2) is 4.79 Å². The molecule has 0 bridgehead atoms. The van der Waals surface area contributed by atoms with Crippen molar-refractivity contribution in [1.82, 2.24) is 10.2 Å². The van der Waals surface area contributed by atoms with Crippen LogP contribution in [0.3, 0.4) is 0 Å². The van der Waals surface area contributed by atoms with Gasteiger partial charge in [-0.1, -0.05) is 0 Å². The van der Waals surface area contributed by atoms with Gasteiger partial charge in [0.15, 0.2) is 0 Å². The van der Waals surface area contributed by atoms with Gasteiger partial charge in [-0.3, -0.25) is 4.79 Å². The molecule has 0 aromatic carbocycles. The van der Waals surface area contributed by atoms with E-state index in [4.69, 9.17) is 10.2 Å². The lowest BCUT2D eigenvalue weighted by Gasteiger charge is -2.24. The van der Waals surface area contributed by atoms with Crippen LogP contribution in [-0.4, -0.2) is 59.0 Å². The van der Waals surface area contributed by atoms with E-state index in [-0.39, 0.29) is 0 Å². The van der Waals surface area contributed by atoms with E-state index >= 15 is 0 Å². The number of carboxylic acid groups (broad SMARTS) is 1. The third-order valence-corrected chi connectivity index (χ3v) is 1.74. The van der Waals surface area contributed by atoms with Gasteiger partial charge in [-0.2, -0.15) is 13.2 Å². The lowest BCUT2D eigenvalue weighted by atomic mass is 10.3. The molecule has 1 atom stereocenters. The van der Waals surface area contributed by atoms with Crippen molar-refractivity contribution in [3.63, 3.8) is 0 Å². The molecule has 9 heteroatoms. The largest absolute Gasteiger partial charge is 0.480 e. The molecule has 0 aliphatic rings. The molecule has 0 spiro atoms.